The molecule has 0 N–H and O–H groups in total. The van der Waals surface area contributed by atoms with E-state index in [-0.39, 0.29) is 12.2 Å². The quantitative estimate of drug-likeness (QED) is 0.726. The Bertz CT molecular complexity index is 626. The maximum Gasteiger partial charge on any atom is 0.410 e. The molecule has 1 aliphatic rings. The third kappa shape index (κ3) is 4.87. The minimum Gasteiger partial charge on any atom is -0.487 e. The molecule has 6 nitrogen and oxygen atoms in total. The Morgan fingerprint density at radius 2 is 2.00 bits per heavy atom. The normalized spacial score (nSPS) is 17.5. The van der Waals surface area contributed by atoms with Crippen molar-refractivity contribution in [2.45, 2.75) is 38.9 Å². The van der Waals surface area contributed by atoms with E-state index in [0.717, 1.165) is 6.42 Å². The van der Waals surface area contributed by atoms with Gasteiger partial charge in [-0.15, -0.1) is 0 Å². The predicted molar refractivity (Wildman–Crippen MR) is 92.3 cm³/mol. The molecule has 1 aromatic carbocycles. The van der Waals surface area contributed by atoms with Gasteiger partial charge in [0.2, 0.25) is 0 Å². The van der Waals surface area contributed by atoms with Crippen LogP contribution in [0.15, 0.2) is 22.7 Å². The van der Waals surface area contributed by atoms with Gasteiger partial charge in [-0.2, -0.15) is 0 Å². The molecule has 132 valence electrons. The number of benzene rings is 1. The number of ether oxygens (including phenoxy) is 3. The minimum atomic E-state index is -0.511. The molecule has 0 spiro atoms. The number of carbonyl (C=O) groups is 2. The summed E-state index contributed by atoms with van der Waals surface area (Å²) in [4.78, 5) is 25.2. The number of esters is 1. The highest BCUT2D eigenvalue weighted by molar-refractivity contribution is 9.10. The van der Waals surface area contributed by atoms with E-state index in [0.29, 0.717) is 28.9 Å². The first-order valence-corrected chi connectivity index (χ1v) is 8.51. The van der Waals surface area contributed by atoms with Crippen LogP contribution in [0.25, 0.3) is 0 Å². The standard InChI is InChI=1S/C17H22BrNO5/c1-17(2,3)24-16(21)19-8-7-12(10-19)23-14-6-5-11(9-13(14)18)15(20)22-4/h5-6,9,12H,7-8,10H2,1-4H3/t12-/m0/s1. The van der Waals surface area contributed by atoms with Crippen molar-refractivity contribution < 1.29 is 23.8 Å². The highest BCUT2D eigenvalue weighted by Gasteiger charge is 2.31. The van der Waals surface area contributed by atoms with Crippen molar-refractivity contribution in [2.75, 3.05) is 20.2 Å². The van der Waals surface area contributed by atoms with Gasteiger partial charge in [0.05, 0.1) is 23.7 Å². The number of likely N-dealkylation sites (tertiary alicyclic amines) is 1. The first-order valence-electron chi connectivity index (χ1n) is 7.72. The zero-order valence-corrected chi connectivity index (χ0v) is 15.9. The number of nitrogens with zero attached hydrogens (tertiary/aromatic N) is 1. The van der Waals surface area contributed by atoms with Gasteiger partial charge in [0.1, 0.15) is 17.5 Å². The molecule has 0 bridgehead atoms. The summed E-state index contributed by atoms with van der Waals surface area (Å²) in [6.07, 6.45) is 0.288. The summed E-state index contributed by atoms with van der Waals surface area (Å²) < 4.78 is 16.7. The number of rotatable bonds is 3. The van der Waals surface area contributed by atoms with Crippen molar-refractivity contribution >= 4 is 28.0 Å². The van der Waals surface area contributed by atoms with Gasteiger partial charge in [-0.1, -0.05) is 0 Å². The van der Waals surface area contributed by atoms with Gasteiger partial charge in [0.15, 0.2) is 0 Å². The Kier molecular flexibility index (Phi) is 5.74. The molecule has 24 heavy (non-hydrogen) atoms. The average molecular weight is 400 g/mol. The largest absolute Gasteiger partial charge is 0.487 e. The lowest BCUT2D eigenvalue weighted by atomic mass is 10.2. The summed E-state index contributed by atoms with van der Waals surface area (Å²) in [6.45, 7) is 6.59. The molecule has 1 aromatic rings. The maximum absolute atomic E-state index is 12.1. The van der Waals surface area contributed by atoms with Gasteiger partial charge in [-0.25, -0.2) is 9.59 Å². The lowest BCUT2D eigenvalue weighted by molar-refractivity contribution is 0.0275. The van der Waals surface area contributed by atoms with Crippen molar-refractivity contribution in [1.29, 1.82) is 0 Å². The fraction of sp³-hybridized carbons (Fsp3) is 0.529. The van der Waals surface area contributed by atoms with E-state index in [1.807, 2.05) is 20.8 Å². The molecule has 1 saturated heterocycles. The molecule has 1 fully saturated rings. The van der Waals surface area contributed by atoms with Crippen LogP contribution in [-0.2, 0) is 9.47 Å². The monoisotopic (exact) mass is 399 g/mol. The van der Waals surface area contributed by atoms with Crippen LogP contribution in [0, 0.1) is 0 Å². The topological polar surface area (TPSA) is 65.1 Å². The summed E-state index contributed by atoms with van der Waals surface area (Å²) >= 11 is 3.40. The van der Waals surface area contributed by atoms with E-state index in [2.05, 4.69) is 20.7 Å². The van der Waals surface area contributed by atoms with Crippen LogP contribution in [0.1, 0.15) is 37.6 Å². The van der Waals surface area contributed by atoms with Gasteiger partial charge in [0.25, 0.3) is 0 Å². The summed E-state index contributed by atoms with van der Waals surface area (Å²) in [5.41, 5.74) is -0.0681. The molecule has 1 amide bonds. The van der Waals surface area contributed by atoms with Crippen molar-refractivity contribution in [3.63, 3.8) is 0 Å². The Morgan fingerprint density at radius 1 is 1.29 bits per heavy atom. The highest BCUT2D eigenvalue weighted by atomic mass is 79.9. The third-order valence-electron chi connectivity index (χ3n) is 3.44. The molecule has 1 aliphatic heterocycles. The molecule has 7 heteroatoms. The van der Waals surface area contributed by atoms with Crippen molar-refractivity contribution in [3.8, 4) is 5.75 Å². The fourth-order valence-electron chi connectivity index (χ4n) is 2.34. The van der Waals surface area contributed by atoms with Crippen LogP contribution in [0.3, 0.4) is 0 Å². The van der Waals surface area contributed by atoms with Gasteiger partial charge >= 0.3 is 12.1 Å². The summed E-state index contributed by atoms with van der Waals surface area (Å²) in [5.74, 6) is 0.220. The lowest BCUT2D eigenvalue weighted by Gasteiger charge is -2.24. The van der Waals surface area contributed by atoms with E-state index in [1.165, 1.54) is 7.11 Å². The van der Waals surface area contributed by atoms with Gasteiger partial charge in [0, 0.05) is 13.0 Å². The second kappa shape index (κ2) is 7.42. The Labute approximate surface area is 150 Å². The van der Waals surface area contributed by atoms with Gasteiger partial charge in [-0.3, -0.25) is 0 Å². The first kappa shape index (κ1) is 18.6. The van der Waals surface area contributed by atoms with E-state index in [1.54, 1.807) is 23.1 Å². The first-order chi connectivity index (χ1) is 11.2. The molecule has 1 atom stereocenters. The SMILES string of the molecule is COC(=O)c1ccc(O[C@H]2CCN(C(=O)OC(C)(C)C)C2)c(Br)c1. The Morgan fingerprint density at radius 3 is 2.58 bits per heavy atom. The predicted octanol–water partition coefficient (Wildman–Crippen LogP) is 3.62. The second-order valence-electron chi connectivity index (χ2n) is 6.59. The van der Waals surface area contributed by atoms with Crippen LogP contribution < -0.4 is 4.74 Å². The smallest absolute Gasteiger partial charge is 0.410 e. The Hall–Kier alpha value is -1.76. The molecule has 1 heterocycles. The van der Waals surface area contributed by atoms with Gasteiger partial charge < -0.3 is 19.1 Å². The third-order valence-corrected chi connectivity index (χ3v) is 4.06. The van der Waals surface area contributed by atoms with Crippen molar-refractivity contribution in [1.82, 2.24) is 4.90 Å². The van der Waals surface area contributed by atoms with Crippen LogP contribution in [0.2, 0.25) is 0 Å². The molecule has 0 aromatic heterocycles. The lowest BCUT2D eigenvalue weighted by Crippen LogP contribution is -2.36. The van der Waals surface area contributed by atoms with Crippen LogP contribution in [0.5, 0.6) is 5.75 Å². The summed E-state index contributed by atoms with van der Waals surface area (Å²) in [7, 11) is 1.34. The maximum atomic E-state index is 12.1. The number of hydrogen-bond donors (Lipinski definition) is 0. The molecular formula is C17H22BrNO5. The zero-order valence-electron chi connectivity index (χ0n) is 14.3. The number of carbonyl (C=O) groups excluding carboxylic acids is 2. The van der Waals surface area contributed by atoms with Crippen LogP contribution in [0.4, 0.5) is 4.79 Å². The molecule has 0 saturated carbocycles. The number of methoxy groups -OCH3 is 1. The molecule has 0 aliphatic carbocycles. The van der Waals surface area contributed by atoms with Crippen molar-refractivity contribution in [2.24, 2.45) is 0 Å². The molecule has 0 radical (unpaired) electrons. The average Bonchev–Trinajstić information content (AvgIpc) is 2.95. The number of halogens is 1. The Balaban J connectivity index is 1.96. The number of hydrogen-bond acceptors (Lipinski definition) is 5. The molecule has 2 rings (SSSR count). The molecule has 0 unspecified atom stereocenters. The minimum absolute atomic E-state index is 0.113. The van der Waals surface area contributed by atoms with E-state index in [4.69, 9.17) is 9.47 Å². The highest BCUT2D eigenvalue weighted by Crippen LogP contribution is 2.29. The second-order valence-corrected chi connectivity index (χ2v) is 7.45. The van der Waals surface area contributed by atoms with Crippen molar-refractivity contribution in [3.05, 3.63) is 28.2 Å². The van der Waals surface area contributed by atoms with E-state index in [9.17, 15) is 9.59 Å². The van der Waals surface area contributed by atoms with E-state index >= 15 is 0 Å². The molecular weight excluding hydrogens is 378 g/mol. The van der Waals surface area contributed by atoms with E-state index < -0.39 is 11.6 Å². The zero-order chi connectivity index (χ0) is 17.9. The summed E-state index contributed by atoms with van der Waals surface area (Å²) in [5, 5.41) is 0. The summed E-state index contributed by atoms with van der Waals surface area (Å²) in [6, 6.07) is 5.01. The van der Waals surface area contributed by atoms with Gasteiger partial charge in [-0.05, 0) is 54.9 Å². The van der Waals surface area contributed by atoms with Crippen LogP contribution >= 0.6 is 15.9 Å². The van der Waals surface area contributed by atoms with Crippen LogP contribution in [-0.4, -0.2) is 48.9 Å². The number of amides is 1. The fourth-order valence-corrected chi connectivity index (χ4v) is 2.81.